The Kier molecular flexibility index (Phi) is 2.29. The van der Waals surface area contributed by atoms with Gasteiger partial charge in [-0.25, -0.2) is 4.98 Å². The minimum atomic E-state index is 1.01. The van der Waals surface area contributed by atoms with Gasteiger partial charge in [0, 0.05) is 58.1 Å². The van der Waals surface area contributed by atoms with Crippen LogP contribution in [0.3, 0.4) is 0 Å². The van der Waals surface area contributed by atoms with Crippen molar-refractivity contribution in [3.05, 3.63) is 73.2 Å². The predicted octanol–water partition coefficient (Wildman–Crippen LogP) is 5.29. The molecule has 0 aliphatic heterocycles. The second-order valence-electron chi connectivity index (χ2n) is 6.69. The third kappa shape index (κ3) is 1.57. The summed E-state index contributed by atoms with van der Waals surface area (Å²) in [7, 11) is 2.10. The summed E-state index contributed by atoms with van der Waals surface area (Å²) < 4.78 is 4.43. The van der Waals surface area contributed by atoms with Crippen LogP contribution in [-0.2, 0) is 7.05 Å². The fraction of sp³-hybridized carbons (Fsp3) is 0.0455. The fourth-order valence-electron chi connectivity index (χ4n) is 4.13. The van der Waals surface area contributed by atoms with E-state index >= 15 is 0 Å². The average molecular weight is 321 g/mol. The third-order valence-electron chi connectivity index (χ3n) is 5.31. The summed E-state index contributed by atoms with van der Waals surface area (Å²) in [5.41, 5.74) is 3.50. The molecule has 0 saturated heterocycles. The number of hydrogen-bond acceptors (Lipinski definition) is 1. The highest BCUT2D eigenvalue weighted by Crippen LogP contribution is 2.36. The molecule has 0 aliphatic rings. The molecule has 0 aliphatic carbocycles. The topological polar surface area (TPSA) is 22.2 Å². The van der Waals surface area contributed by atoms with Crippen LogP contribution >= 0.6 is 0 Å². The first kappa shape index (κ1) is 13.0. The maximum atomic E-state index is 4.70. The van der Waals surface area contributed by atoms with E-state index in [9.17, 15) is 0 Å². The van der Waals surface area contributed by atoms with Gasteiger partial charge in [0.1, 0.15) is 5.65 Å². The number of nitrogens with zero attached hydrogens (tertiary/aromatic N) is 3. The maximum Gasteiger partial charge on any atom is 0.145 e. The van der Waals surface area contributed by atoms with Gasteiger partial charge in [-0.2, -0.15) is 0 Å². The van der Waals surface area contributed by atoms with Crippen molar-refractivity contribution in [2.24, 2.45) is 7.05 Å². The Hall–Kier alpha value is -3.33. The number of aromatic nitrogens is 3. The lowest BCUT2D eigenvalue weighted by Gasteiger charge is -2.09. The zero-order chi connectivity index (χ0) is 16.5. The molecule has 25 heavy (non-hydrogen) atoms. The highest BCUT2D eigenvalue weighted by molar-refractivity contribution is 6.21. The average Bonchev–Trinajstić information content (AvgIpc) is 3.22. The van der Waals surface area contributed by atoms with Crippen molar-refractivity contribution >= 4 is 49.0 Å². The smallest absolute Gasteiger partial charge is 0.145 e. The second kappa shape index (κ2) is 4.39. The van der Waals surface area contributed by atoms with Crippen molar-refractivity contribution in [3.8, 4) is 0 Å². The lowest BCUT2D eigenvalue weighted by atomic mass is 10.0. The molecule has 0 amide bonds. The van der Waals surface area contributed by atoms with Crippen LogP contribution in [-0.4, -0.2) is 14.0 Å². The molecule has 0 unspecified atom stereocenters. The number of benzene rings is 2. The normalized spacial score (nSPS) is 12.2. The van der Waals surface area contributed by atoms with Crippen LogP contribution in [0.1, 0.15) is 0 Å². The Morgan fingerprint density at radius 2 is 1.68 bits per heavy atom. The Bertz CT molecular complexity index is 1450. The molecule has 0 radical (unpaired) electrons. The Morgan fingerprint density at radius 1 is 0.800 bits per heavy atom. The summed E-state index contributed by atoms with van der Waals surface area (Å²) in [5.74, 6) is 0. The third-order valence-corrected chi connectivity index (χ3v) is 5.31. The van der Waals surface area contributed by atoms with Gasteiger partial charge >= 0.3 is 0 Å². The molecule has 0 fully saturated rings. The molecule has 0 N–H and O–H groups in total. The van der Waals surface area contributed by atoms with Gasteiger partial charge in [0.05, 0.1) is 5.52 Å². The van der Waals surface area contributed by atoms with Crippen LogP contribution in [0, 0.1) is 0 Å². The van der Waals surface area contributed by atoms with E-state index in [4.69, 9.17) is 4.98 Å². The van der Waals surface area contributed by atoms with Gasteiger partial charge in [-0.1, -0.05) is 24.3 Å². The number of fused-ring (bicyclic) bond motifs is 9. The van der Waals surface area contributed by atoms with Gasteiger partial charge in [0.25, 0.3) is 0 Å². The fourth-order valence-corrected chi connectivity index (χ4v) is 4.13. The van der Waals surface area contributed by atoms with Crippen LogP contribution in [0.4, 0.5) is 0 Å². The molecule has 4 aromatic heterocycles. The number of hydrogen-bond donors (Lipinski definition) is 0. The van der Waals surface area contributed by atoms with Crippen LogP contribution in [0.15, 0.2) is 73.2 Å². The molecule has 0 spiro atoms. The Morgan fingerprint density at radius 3 is 2.64 bits per heavy atom. The highest BCUT2D eigenvalue weighted by Gasteiger charge is 2.14. The standard InChI is InChI=1S/C22H15N3/c1-24-10-8-14-11-18-17-7-4-9-23-22(17)25-13-15-5-2-3-6-16(15)21(25)19(18)12-20(14)24/h2-13H,1H3. The molecule has 3 heteroatoms. The van der Waals surface area contributed by atoms with Crippen LogP contribution in [0.25, 0.3) is 49.0 Å². The van der Waals surface area contributed by atoms with Crippen molar-refractivity contribution in [2.45, 2.75) is 0 Å². The summed E-state index contributed by atoms with van der Waals surface area (Å²) in [4.78, 5) is 4.70. The van der Waals surface area contributed by atoms with E-state index in [1.54, 1.807) is 0 Å². The molecule has 6 rings (SSSR count). The van der Waals surface area contributed by atoms with Crippen molar-refractivity contribution in [1.29, 1.82) is 0 Å². The molecule has 6 aromatic rings. The van der Waals surface area contributed by atoms with Crippen LogP contribution < -0.4 is 0 Å². The van der Waals surface area contributed by atoms with E-state index in [0.717, 1.165) is 5.65 Å². The van der Waals surface area contributed by atoms with Gasteiger partial charge in [-0.15, -0.1) is 0 Å². The van der Waals surface area contributed by atoms with Gasteiger partial charge < -0.3 is 4.57 Å². The maximum absolute atomic E-state index is 4.70. The minimum absolute atomic E-state index is 1.01. The first-order valence-corrected chi connectivity index (χ1v) is 8.46. The van der Waals surface area contributed by atoms with Gasteiger partial charge in [-0.3, -0.25) is 4.40 Å². The largest absolute Gasteiger partial charge is 0.351 e. The van der Waals surface area contributed by atoms with Gasteiger partial charge in [-0.05, 0) is 35.7 Å². The molecule has 0 saturated carbocycles. The highest BCUT2D eigenvalue weighted by atomic mass is 15.0. The predicted molar refractivity (Wildman–Crippen MR) is 104 cm³/mol. The molecule has 0 atom stereocenters. The minimum Gasteiger partial charge on any atom is -0.351 e. The molecular weight excluding hydrogens is 306 g/mol. The summed E-state index contributed by atoms with van der Waals surface area (Å²) in [5, 5.41) is 7.51. The summed E-state index contributed by atoms with van der Waals surface area (Å²) >= 11 is 0. The lowest BCUT2D eigenvalue weighted by molar-refractivity contribution is 0.970. The summed E-state index contributed by atoms with van der Waals surface area (Å²) in [6.07, 6.45) is 6.20. The molecule has 0 bridgehead atoms. The first-order valence-electron chi connectivity index (χ1n) is 8.46. The molecule has 3 nitrogen and oxygen atoms in total. The molecule has 4 heterocycles. The Labute approximate surface area is 143 Å². The second-order valence-corrected chi connectivity index (χ2v) is 6.69. The van der Waals surface area contributed by atoms with E-state index in [0.29, 0.717) is 0 Å². The Balaban J connectivity index is 2.04. The SMILES string of the molecule is Cn1ccc2cc3c4cccnc4n4cc5ccccc5c4c3cc21. The summed E-state index contributed by atoms with van der Waals surface area (Å²) in [6, 6.07) is 19.6. The van der Waals surface area contributed by atoms with Gasteiger partial charge in [0.2, 0.25) is 0 Å². The zero-order valence-corrected chi connectivity index (χ0v) is 13.8. The van der Waals surface area contributed by atoms with Crippen molar-refractivity contribution in [2.75, 3.05) is 0 Å². The van der Waals surface area contributed by atoms with Crippen molar-refractivity contribution in [3.63, 3.8) is 0 Å². The number of rotatable bonds is 0. The van der Waals surface area contributed by atoms with E-state index in [1.807, 2.05) is 12.3 Å². The molecule has 2 aromatic carbocycles. The number of pyridine rings is 2. The first-order chi connectivity index (χ1) is 12.3. The van der Waals surface area contributed by atoms with Crippen molar-refractivity contribution in [1.82, 2.24) is 14.0 Å². The number of aryl methyl sites for hydroxylation is 1. The molecular formula is C22H15N3. The van der Waals surface area contributed by atoms with Crippen LogP contribution in [0.5, 0.6) is 0 Å². The molecule has 118 valence electrons. The van der Waals surface area contributed by atoms with E-state index < -0.39 is 0 Å². The monoisotopic (exact) mass is 321 g/mol. The van der Waals surface area contributed by atoms with Gasteiger partial charge in [0.15, 0.2) is 0 Å². The van der Waals surface area contributed by atoms with Crippen molar-refractivity contribution < 1.29 is 0 Å². The van der Waals surface area contributed by atoms with E-state index in [-0.39, 0.29) is 0 Å². The van der Waals surface area contributed by atoms with E-state index in [2.05, 4.69) is 76.9 Å². The van der Waals surface area contributed by atoms with Crippen LogP contribution in [0.2, 0.25) is 0 Å². The lowest BCUT2D eigenvalue weighted by Crippen LogP contribution is -1.93. The zero-order valence-electron chi connectivity index (χ0n) is 13.8. The summed E-state index contributed by atoms with van der Waals surface area (Å²) in [6.45, 7) is 0. The van der Waals surface area contributed by atoms with E-state index in [1.165, 1.54) is 43.4 Å². The quantitative estimate of drug-likeness (QED) is 0.349.